The summed E-state index contributed by atoms with van der Waals surface area (Å²) in [6.07, 6.45) is 1.29. The van der Waals surface area contributed by atoms with E-state index in [1.165, 1.54) is 12.3 Å². The molecule has 1 heterocycles. The summed E-state index contributed by atoms with van der Waals surface area (Å²) in [4.78, 5) is 22.5. The van der Waals surface area contributed by atoms with Crippen molar-refractivity contribution in [1.82, 2.24) is 5.32 Å². The van der Waals surface area contributed by atoms with E-state index in [1.807, 2.05) is 6.92 Å². The predicted molar refractivity (Wildman–Crippen MR) is 71.1 cm³/mol. The Bertz CT molecular complexity index is 687. The molecule has 0 spiro atoms. The Morgan fingerprint density at radius 3 is 3.00 bits per heavy atom. The van der Waals surface area contributed by atoms with Crippen molar-refractivity contribution >= 4 is 16.9 Å². The Balaban J connectivity index is 2.24. The van der Waals surface area contributed by atoms with Gasteiger partial charge in [0.25, 0.3) is 5.91 Å². The van der Waals surface area contributed by atoms with Crippen molar-refractivity contribution in [3.05, 3.63) is 53.0 Å². The zero-order chi connectivity index (χ0) is 13.8. The molecule has 5 nitrogen and oxygen atoms in total. The second kappa shape index (κ2) is 5.39. The van der Waals surface area contributed by atoms with Crippen LogP contribution >= 0.6 is 0 Å². The second-order valence-electron chi connectivity index (χ2n) is 3.97. The molecule has 1 aromatic heterocycles. The molecule has 5 heteroatoms. The van der Waals surface area contributed by atoms with Crippen LogP contribution in [0.1, 0.15) is 5.56 Å². The zero-order valence-electron chi connectivity index (χ0n) is 10.4. The predicted octanol–water partition coefficient (Wildman–Crippen LogP) is 1.74. The van der Waals surface area contributed by atoms with Crippen LogP contribution in [0.3, 0.4) is 0 Å². The molecule has 2 aromatic rings. The molecular formula is C14H13NO4. The van der Waals surface area contributed by atoms with Crippen molar-refractivity contribution in [2.75, 3.05) is 6.61 Å². The summed E-state index contributed by atoms with van der Waals surface area (Å²) >= 11 is 0. The van der Waals surface area contributed by atoms with Gasteiger partial charge in [0.2, 0.25) is 0 Å². The highest BCUT2D eigenvalue weighted by Crippen LogP contribution is 2.22. The first kappa shape index (κ1) is 12.9. The lowest BCUT2D eigenvalue weighted by Crippen LogP contribution is -2.23. The maximum absolute atomic E-state index is 11.3. The van der Waals surface area contributed by atoms with Crippen LogP contribution in [0.15, 0.2) is 46.3 Å². The van der Waals surface area contributed by atoms with Gasteiger partial charge in [0.1, 0.15) is 11.3 Å². The monoisotopic (exact) mass is 259 g/mol. The SMILES string of the molecule is C=CNC(=O)COc1ccc2c(C)cc(=O)oc2c1. The molecule has 0 bridgehead atoms. The van der Waals surface area contributed by atoms with Crippen molar-refractivity contribution in [3.63, 3.8) is 0 Å². The number of rotatable bonds is 4. The Hall–Kier alpha value is -2.56. The quantitative estimate of drug-likeness (QED) is 0.849. The molecule has 2 rings (SSSR count). The van der Waals surface area contributed by atoms with E-state index < -0.39 is 5.63 Å². The molecular weight excluding hydrogens is 246 g/mol. The Labute approximate surface area is 109 Å². The Morgan fingerprint density at radius 1 is 1.47 bits per heavy atom. The fraction of sp³-hybridized carbons (Fsp3) is 0.143. The number of ether oxygens (including phenoxy) is 1. The third-order valence-corrected chi connectivity index (χ3v) is 2.56. The minimum atomic E-state index is -0.411. The van der Waals surface area contributed by atoms with Gasteiger partial charge in [-0.05, 0) is 30.8 Å². The Kier molecular flexibility index (Phi) is 3.66. The van der Waals surface area contributed by atoms with E-state index >= 15 is 0 Å². The lowest BCUT2D eigenvalue weighted by atomic mass is 10.1. The van der Waals surface area contributed by atoms with Gasteiger partial charge < -0.3 is 14.5 Å². The number of fused-ring (bicyclic) bond motifs is 1. The summed E-state index contributed by atoms with van der Waals surface area (Å²) < 4.78 is 10.4. The van der Waals surface area contributed by atoms with Crippen LogP contribution in [0.25, 0.3) is 11.0 Å². The van der Waals surface area contributed by atoms with E-state index in [0.717, 1.165) is 10.9 Å². The van der Waals surface area contributed by atoms with Crippen LogP contribution in [0.2, 0.25) is 0 Å². The highest BCUT2D eigenvalue weighted by molar-refractivity contribution is 5.81. The zero-order valence-corrected chi connectivity index (χ0v) is 10.4. The van der Waals surface area contributed by atoms with Crippen molar-refractivity contribution in [2.45, 2.75) is 6.92 Å². The van der Waals surface area contributed by atoms with Crippen molar-refractivity contribution < 1.29 is 13.9 Å². The summed E-state index contributed by atoms with van der Waals surface area (Å²) in [5.74, 6) is 0.154. The van der Waals surface area contributed by atoms with Crippen molar-refractivity contribution in [2.24, 2.45) is 0 Å². The van der Waals surface area contributed by atoms with Crippen LogP contribution in [0, 0.1) is 6.92 Å². The molecule has 1 N–H and O–H groups in total. The first-order valence-corrected chi connectivity index (χ1v) is 5.68. The summed E-state index contributed by atoms with van der Waals surface area (Å²) in [5, 5.41) is 3.23. The van der Waals surface area contributed by atoms with Crippen LogP contribution in [0.5, 0.6) is 5.75 Å². The lowest BCUT2D eigenvalue weighted by Gasteiger charge is -2.06. The van der Waals surface area contributed by atoms with Gasteiger partial charge in [-0.25, -0.2) is 4.79 Å². The number of benzene rings is 1. The molecule has 0 radical (unpaired) electrons. The molecule has 0 fully saturated rings. The van der Waals surface area contributed by atoms with Crippen LogP contribution in [0.4, 0.5) is 0 Å². The maximum atomic E-state index is 11.3. The van der Waals surface area contributed by atoms with E-state index in [2.05, 4.69) is 11.9 Å². The molecule has 0 aliphatic heterocycles. The summed E-state index contributed by atoms with van der Waals surface area (Å²) in [7, 11) is 0. The highest BCUT2D eigenvalue weighted by Gasteiger charge is 2.05. The number of amides is 1. The Morgan fingerprint density at radius 2 is 2.26 bits per heavy atom. The first-order valence-electron chi connectivity index (χ1n) is 5.68. The van der Waals surface area contributed by atoms with Crippen LogP contribution in [-0.4, -0.2) is 12.5 Å². The van der Waals surface area contributed by atoms with E-state index in [-0.39, 0.29) is 12.5 Å². The second-order valence-corrected chi connectivity index (χ2v) is 3.97. The number of carbonyl (C=O) groups excluding carboxylic acids is 1. The number of aryl methyl sites for hydroxylation is 1. The number of hydrogen-bond acceptors (Lipinski definition) is 4. The van der Waals surface area contributed by atoms with Crippen LogP contribution < -0.4 is 15.7 Å². The fourth-order valence-electron chi connectivity index (χ4n) is 1.70. The van der Waals surface area contributed by atoms with Crippen molar-refractivity contribution in [1.29, 1.82) is 0 Å². The normalized spacial score (nSPS) is 10.2. The van der Waals surface area contributed by atoms with Gasteiger partial charge in [0, 0.05) is 17.5 Å². The van der Waals surface area contributed by atoms with E-state index in [0.29, 0.717) is 11.3 Å². The average molecular weight is 259 g/mol. The van der Waals surface area contributed by atoms with Gasteiger partial charge in [-0.1, -0.05) is 6.58 Å². The number of carbonyl (C=O) groups is 1. The molecule has 0 aliphatic rings. The molecule has 0 saturated carbocycles. The number of nitrogens with one attached hydrogen (secondary N) is 1. The smallest absolute Gasteiger partial charge is 0.336 e. The fourth-order valence-corrected chi connectivity index (χ4v) is 1.70. The third-order valence-electron chi connectivity index (χ3n) is 2.56. The summed E-state index contributed by atoms with van der Waals surface area (Å²) in [6.45, 7) is 5.08. The molecule has 1 amide bonds. The number of hydrogen-bond donors (Lipinski definition) is 1. The van der Waals surface area contributed by atoms with Gasteiger partial charge in [-0.3, -0.25) is 4.79 Å². The van der Waals surface area contributed by atoms with Gasteiger partial charge in [0.15, 0.2) is 6.61 Å². The van der Waals surface area contributed by atoms with Crippen LogP contribution in [-0.2, 0) is 4.79 Å². The minimum absolute atomic E-state index is 0.131. The van der Waals surface area contributed by atoms with Crippen molar-refractivity contribution in [3.8, 4) is 5.75 Å². The summed E-state index contributed by atoms with van der Waals surface area (Å²) in [6, 6.07) is 6.52. The highest BCUT2D eigenvalue weighted by atomic mass is 16.5. The van der Waals surface area contributed by atoms with Gasteiger partial charge >= 0.3 is 5.63 Å². The first-order chi connectivity index (χ1) is 9.10. The summed E-state index contributed by atoms with van der Waals surface area (Å²) in [5.41, 5.74) is 0.861. The lowest BCUT2D eigenvalue weighted by molar-refractivity contribution is -0.122. The van der Waals surface area contributed by atoms with Gasteiger partial charge in [-0.2, -0.15) is 0 Å². The largest absolute Gasteiger partial charge is 0.484 e. The van der Waals surface area contributed by atoms with E-state index in [9.17, 15) is 9.59 Å². The third kappa shape index (κ3) is 3.01. The van der Waals surface area contributed by atoms with Gasteiger partial charge in [-0.15, -0.1) is 0 Å². The molecule has 98 valence electrons. The van der Waals surface area contributed by atoms with Gasteiger partial charge in [0.05, 0.1) is 0 Å². The standard InChI is InChI=1S/C14H13NO4/c1-3-15-13(16)8-18-10-4-5-11-9(2)6-14(17)19-12(11)7-10/h3-7H,1,8H2,2H3,(H,15,16). The molecule has 0 saturated heterocycles. The molecule has 0 atom stereocenters. The van der Waals surface area contributed by atoms with E-state index in [1.54, 1.807) is 18.2 Å². The molecule has 1 aromatic carbocycles. The molecule has 0 unspecified atom stereocenters. The maximum Gasteiger partial charge on any atom is 0.336 e. The molecule has 0 aliphatic carbocycles. The average Bonchev–Trinajstić information content (AvgIpc) is 2.36. The molecule has 19 heavy (non-hydrogen) atoms. The topological polar surface area (TPSA) is 68.5 Å². The minimum Gasteiger partial charge on any atom is -0.484 e. The van der Waals surface area contributed by atoms with E-state index in [4.69, 9.17) is 9.15 Å².